The smallest absolute Gasteiger partial charge is 0.109 e. The third-order valence-corrected chi connectivity index (χ3v) is 2.78. The van der Waals surface area contributed by atoms with E-state index in [9.17, 15) is 5.11 Å². The molecule has 1 aromatic heterocycles. The van der Waals surface area contributed by atoms with Crippen molar-refractivity contribution in [2.45, 2.75) is 32.5 Å². The monoisotopic (exact) mass is 247 g/mol. The van der Waals surface area contributed by atoms with Gasteiger partial charge >= 0.3 is 0 Å². The number of nitrogens with two attached hydrogens (primary N) is 1. The molecule has 2 unspecified atom stereocenters. The lowest BCUT2D eigenvalue weighted by molar-refractivity contribution is 0.152. The van der Waals surface area contributed by atoms with Crippen molar-refractivity contribution in [3.8, 4) is 0 Å². The van der Waals surface area contributed by atoms with Gasteiger partial charge in [0.05, 0.1) is 12.3 Å². The maximum Gasteiger partial charge on any atom is 0.109 e. The van der Waals surface area contributed by atoms with Crippen molar-refractivity contribution >= 4 is 15.9 Å². The van der Waals surface area contributed by atoms with Gasteiger partial charge in [0.15, 0.2) is 0 Å². The highest BCUT2D eigenvalue weighted by atomic mass is 79.9. The Hall–Kier alpha value is -0.390. The molecular formula is C8H14BrN3O. The summed E-state index contributed by atoms with van der Waals surface area (Å²) in [6.07, 6.45) is 0.983. The maximum absolute atomic E-state index is 9.68. The lowest BCUT2D eigenvalue weighted by Gasteiger charge is -2.13. The Kier molecular flexibility index (Phi) is 3.47. The van der Waals surface area contributed by atoms with E-state index in [2.05, 4.69) is 21.0 Å². The van der Waals surface area contributed by atoms with Gasteiger partial charge in [0, 0.05) is 18.2 Å². The molecule has 2 atom stereocenters. The molecule has 0 saturated heterocycles. The summed E-state index contributed by atoms with van der Waals surface area (Å²) < 4.78 is 2.57. The molecule has 1 heterocycles. The van der Waals surface area contributed by atoms with Crippen LogP contribution in [-0.2, 0) is 6.54 Å². The quantitative estimate of drug-likeness (QED) is 0.840. The van der Waals surface area contributed by atoms with Crippen molar-refractivity contribution < 1.29 is 5.11 Å². The summed E-state index contributed by atoms with van der Waals surface area (Å²) >= 11 is 3.37. The van der Waals surface area contributed by atoms with E-state index >= 15 is 0 Å². The third-order valence-electron chi connectivity index (χ3n) is 1.92. The van der Waals surface area contributed by atoms with Gasteiger partial charge in [0.25, 0.3) is 0 Å². The van der Waals surface area contributed by atoms with Crippen molar-refractivity contribution in [1.29, 1.82) is 0 Å². The fraction of sp³-hybridized carbons (Fsp3) is 0.625. The average molecular weight is 248 g/mol. The molecule has 0 spiro atoms. The fourth-order valence-electron chi connectivity index (χ4n) is 1.09. The molecule has 4 nitrogen and oxygen atoms in total. The molecule has 1 rings (SSSR count). The van der Waals surface area contributed by atoms with Gasteiger partial charge in [-0.25, -0.2) is 0 Å². The van der Waals surface area contributed by atoms with Crippen LogP contribution in [0.3, 0.4) is 0 Å². The molecule has 0 aliphatic rings. The van der Waals surface area contributed by atoms with E-state index in [1.807, 2.05) is 6.92 Å². The molecule has 0 amide bonds. The number of hydrogen-bond acceptors (Lipinski definition) is 3. The molecule has 1 aromatic rings. The predicted molar refractivity (Wildman–Crippen MR) is 54.2 cm³/mol. The fourth-order valence-corrected chi connectivity index (χ4v) is 1.77. The second kappa shape index (κ2) is 4.21. The summed E-state index contributed by atoms with van der Waals surface area (Å²) in [5, 5.41) is 13.8. The molecule has 0 aromatic carbocycles. The largest absolute Gasteiger partial charge is 0.387 e. The number of aliphatic hydroxyl groups is 1. The summed E-state index contributed by atoms with van der Waals surface area (Å²) in [5.41, 5.74) is 6.33. The van der Waals surface area contributed by atoms with Crippen LogP contribution in [0.1, 0.15) is 25.5 Å². The number of hydrogen-bond donors (Lipinski definition) is 2. The molecule has 0 aliphatic heterocycles. The minimum absolute atomic E-state index is 0.286. The van der Waals surface area contributed by atoms with Gasteiger partial charge in [-0.2, -0.15) is 5.10 Å². The standard InChI is InChI=1S/C8H14BrN3O/c1-3-12-8(9)6(4-11-12)7(13)5(2)10/h4-5,7,13H,3,10H2,1-2H3. The van der Waals surface area contributed by atoms with Crippen LogP contribution < -0.4 is 5.73 Å². The van der Waals surface area contributed by atoms with E-state index in [1.54, 1.807) is 17.8 Å². The summed E-state index contributed by atoms with van der Waals surface area (Å²) in [5.74, 6) is 0. The molecule has 5 heteroatoms. The number of nitrogens with zero attached hydrogens (tertiary/aromatic N) is 2. The van der Waals surface area contributed by atoms with Crippen LogP contribution in [0.4, 0.5) is 0 Å². The Balaban J connectivity index is 2.95. The van der Waals surface area contributed by atoms with E-state index in [0.29, 0.717) is 0 Å². The number of rotatable bonds is 3. The SMILES string of the molecule is CCn1ncc(C(O)C(C)N)c1Br. The number of aliphatic hydroxyl groups excluding tert-OH is 1. The summed E-state index contributed by atoms with van der Waals surface area (Å²) in [7, 11) is 0. The van der Waals surface area contributed by atoms with Gasteiger partial charge in [-0.3, -0.25) is 4.68 Å². The highest BCUT2D eigenvalue weighted by Crippen LogP contribution is 2.24. The van der Waals surface area contributed by atoms with E-state index in [0.717, 1.165) is 16.7 Å². The van der Waals surface area contributed by atoms with Crippen molar-refractivity contribution in [3.05, 3.63) is 16.4 Å². The maximum atomic E-state index is 9.68. The molecule has 13 heavy (non-hydrogen) atoms. The predicted octanol–water partition coefficient (Wildman–Crippen LogP) is 1.05. The molecule has 0 radical (unpaired) electrons. The summed E-state index contributed by atoms with van der Waals surface area (Å²) in [6, 6.07) is -0.286. The number of halogens is 1. The summed E-state index contributed by atoms with van der Waals surface area (Å²) in [4.78, 5) is 0. The zero-order chi connectivity index (χ0) is 10.0. The van der Waals surface area contributed by atoms with Gasteiger partial charge in [0.1, 0.15) is 4.60 Å². The molecule has 3 N–H and O–H groups in total. The molecular weight excluding hydrogens is 234 g/mol. The van der Waals surface area contributed by atoms with Gasteiger partial charge in [-0.15, -0.1) is 0 Å². The van der Waals surface area contributed by atoms with Gasteiger partial charge in [-0.1, -0.05) is 0 Å². The van der Waals surface area contributed by atoms with Crippen LogP contribution in [0.15, 0.2) is 10.8 Å². The first-order chi connectivity index (χ1) is 6.07. The first-order valence-electron chi connectivity index (χ1n) is 4.22. The van der Waals surface area contributed by atoms with Gasteiger partial charge in [0.2, 0.25) is 0 Å². The van der Waals surface area contributed by atoms with Crippen LogP contribution in [0.25, 0.3) is 0 Å². The third kappa shape index (κ3) is 2.10. The first kappa shape index (κ1) is 10.7. The van der Waals surface area contributed by atoms with Crippen molar-refractivity contribution in [1.82, 2.24) is 9.78 Å². The number of aromatic nitrogens is 2. The lowest BCUT2D eigenvalue weighted by atomic mass is 10.1. The zero-order valence-corrected chi connectivity index (χ0v) is 9.32. The van der Waals surface area contributed by atoms with Crippen LogP contribution in [0, 0.1) is 0 Å². The Morgan fingerprint density at radius 1 is 1.77 bits per heavy atom. The molecule has 0 aliphatic carbocycles. The van der Waals surface area contributed by atoms with Crippen LogP contribution in [0.2, 0.25) is 0 Å². The van der Waals surface area contributed by atoms with Crippen molar-refractivity contribution in [2.24, 2.45) is 5.73 Å². The lowest BCUT2D eigenvalue weighted by Crippen LogP contribution is -2.24. The number of aryl methyl sites for hydroxylation is 1. The molecule has 0 bridgehead atoms. The van der Waals surface area contributed by atoms with E-state index < -0.39 is 6.10 Å². The van der Waals surface area contributed by atoms with Crippen LogP contribution in [0.5, 0.6) is 0 Å². The highest BCUT2D eigenvalue weighted by molar-refractivity contribution is 9.10. The Bertz CT molecular complexity index is 285. The molecule has 74 valence electrons. The Morgan fingerprint density at radius 2 is 2.38 bits per heavy atom. The molecule has 0 fully saturated rings. The second-order valence-electron chi connectivity index (χ2n) is 3.01. The van der Waals surface area contributed by atoms with Crippen LogP contribution >= 0.6 is 15.9 Å². The Morgan fingerprint density at radius 3 is 2.77 bits per heavy atom. The van der Waals surface area contributed by atoms with Crippen molar-refractivity contribution in [2.75, 3.05) is 0 Å². The normalized spacial score (nSPS) is 15.8. The minimum atomic E-state index is -0.658. The van der Waals surface area contributed by atoms with Crippen LogP contribution in [-0.4, -0.2) is 20.9 Å². The van der Waals surface area contributed by atoms with E-state index in [4.69, 9.17) is 5.73 Å². The van der Waals surface area contributed by atoms with Gasteiger partial charge < -0.3 is 10.8 Å². The Labute approximate surface area is 85.9 Å². The second-order valence-corrected chi connectivity index (χ2v) is 3.76. The van der Waals surface area contributed by atoms with Gasteiger partial charge in [-0.05, 0) is 29.8 Å². The highest BCUT2D eigenvalue weighted by Gasteiger charge is 2.18. The first-order valence-corrected chi connectivity index (χ1v) is 5.02. The van der Waals surface area contributed by atoms with Crippen molar-refractivity contribution in [3.63, 3.8) is 0 Å². The summed E-state index contributed by atoms with van der Waals surface area (Å²) in [6.45, 7) is 4.52. The molecule has 0 saturated carbocycles. The topological polar surface area (TPSA) is 64.1 Å². The minimum Gasteiger partial charge on any atom is -0.387 e. The zero-order valence-electron chi connectivity index (χ0n) is 7.74. The average Bonchev–Trinajstić information content (AvgIpc) is 2.45. The van der Waals surface area contributed by atoms with E-state index in [-0.39, 0.29) is 6.04 Å². The van der Waals surface area contributed by atoms with E-state index in [1.165, 1.54) is 0 Å².